The van der Waals surface area contributed by atoms with Gasteiger partial charge in [-0.15, -0.1) is 0 Å². The summed E-state index contributed by atoms with van der Waals surface area (Å²) in [6.45, 7) is 2.35. The van der Waals surface area contributed by atoms with Gasteiger partial charge in [0.05, 0.1) is 29.5 Å². The van der Waals surface area contributed by atoms with E-state index >= 15 is 0 Å². The highest BCUT2D eigenvalue weighted by molar-refractivity contribution is 5.74. The fraction of sp³-hybridized carbons (Fsp3) is 0.176. The van der Waals surface area contributed by atoms with E-state index in [1.54, 1.807) is 7.11 Å². The fourth-order valence-corrected chi connectivity index (χ4v) is 2.09. The van der Waals surface area contributed by atoms with Crippen LogP contribution < -0.4 is 9.47 Å². The summed E-state index contributed by atoms with van der Waals surface area (Å²) in [5.74, 6) is 1.59. The predicted molar refractivity (Wildman–Crippen MR) is 81.6 cm³/mol. The normalized spacial score (nSPS) is 10.6. The quantitative estimate of drug-likeness (QED) is 0.733. The highest BCUT2D eigenvalue weighted by Gasteiger charge is 2.06. The lowest BCUT2D eigenvalue weighted by molar-refractivity contribution is 0.299. The number of benzene rings is 2. The zero-order chi connectivity index (χ0) is 14.7. The minimum absolute atomic E-state index is 0.399. The van der Waals surface area contributed by atoms with E-state index in [1.807, 2.05) is 55.5 Å². The molecular formula is C17H16N2O2. The summed E-state index contributed by atoms with van der Waals surface area (Å²) < 4.78 is 10.9. The smallest absolute Gasteiger partial charge is 0.132 e. The van der Waals surface area contributed by atoms with Gasteiger partial charge in [0, 0.05) is 0 Å². The molecule has 4 heteroatoms. The summed E-state index contributed by atoms with van der Waals surface area (Å²) in [6.07, 6.45) is 0. The second-order valence-electron chi connectivity index (χ2n) is 4.71. The molecule has 0 radical (unpaired) electrons. The molecule has 3 rings (SSSR count). The lowest BCUT2D eigenvalue weighted by atomic mass is 10.2. The number of rotatable bonds is 4. The van der Waals surface area contributed by atoms with Gasteiger partial charge in [-0.25, -0.2) is 9.97 Å². The number of fused-ring (bicyclic) bond motifs is 1. The Morgan fingerprint density at radius 2 is 1.48 bits per heavy atom. The van der Waals surface area contributed by atoms with Gasteiger partial charge in [0.2, 0.25) is 0 Å². The molecule has 0 fully saturated rings. The summed E-state index contributed by atoms with van der Waals surface area (Å²) in [7, 11) is 1.64. The topological polar surface area (TPSA) is 44.2 Å². The summed E-state index contributed by atoms with van der Waals surface area (Å²) in [6, 6.07) is 15.3. The molecule has 0 N–H and O–H groups in total. The average Bonchev–Trinajstić information content (AvgIpc) is 2.53. The number of hydrogen-bond acceptors (Lipinski definition) is 4. The van der Waals surface area contributed by atoms with Gasteiger partial charge in [-0.1, -0.05) is 12.1 Å². The average molecular weight is 280 g/mol. The van der Waals surface area contributed by atoms with Crippen molar-refractivity contribution in [3.8, 4) is 11.5 Å². The second-order valence-corrected chi connectivity index (χ2v) is 4.71. The molecule has 0 saturated heterocycles. The van der Waals surface area contributed by atoms with E-state index in [9.17, 15) is 0 Å². The summed E-state index contributed by atoms with van der Waals surface area (Å²) in [5.41, 5.74) is 3.53. The van der Waals surface area contributed by atoms with Crippen molar-refractivity contribution in [2.45, 2.75) is 13.5 Å². The maximum absolute atomic E-state index is 5.76. The van der Waals surface area contributed by atoms with Crippen LogP contribution in [0.2, 0.25) is 0 Å². The van der Waals surface area contributed by atoms with Crippen LogP contribution >= 0.6 is 0 Å². The zero-order valence-electron chi connectivity index (χ0n) is 12.0. The Morgan fingerprint density at radius 1 is 0.857 bits per heavy atom. The molecule has 0 saturated carbocycles. The maximum Gasteiger partial charge on any atom is 0.132 e. The molecule has 0 unspecified atom stereocenters. The standard InChI is InChI=1S/C17H16N2O2/c1-12-17(19-16-6-4-3-5-15(16)18-12)11-21-14-9-7-13(20-2)8-10-14/h3-10H,11H2,1-2H3. The van der Waals surface area contributed by atoms with E-state index in [0.717, 1.165) is 33.9 Å². The highest BCUT2D eigenvalue weighted by atomic mass is 16.5. The fourth-order valence-electron chi connectivity index (χ4n) is 2.09. The van der Waals surface area contributed by atoms with Crippen molar-refractivity contribution in [3.63, 3.8) is 0 Å². The van der Waals surface area contributed by atoms with E-state index in [-0.39, 0.29) is 0 Å². The van der Waals surface area contributed by atoms with Crippen LogP contribution in [0.25, 0.3) is 11.0 Å². The van der Waals surface area contributed by atoms with Gasteiger partial charge in [0.15, 0.2) is 0 Å². The molecule has 4 nitrogen and oxygen atoms in total. The third-order valence-corrected chi connectivity index (χ3v) is 3.28. The van der Waals surface area contributed by atoms with Crippen LogP contribution in [-0.2, 0) is 6.61 Å². The molecule has 3 aromatic rings. The van der Waals surface area contributed by atoms with Crippen molar-refractivity contribution < 1.29 is 9.47 Å². The lowest BCUT2D eigenvalue weighted by Gasteiger charge is -2.09. The molecule has 1 heterocycles. The van der Waals surface area contributed by atoms with Crippen LogP contribution in [0.5, 0.6) is 11.5 Å². The summed E-state index contributed by atoms with van der Waals surface area (Å²) >= 11 is 0. The number of ether oxygens (including phenoxy) is 2. The first-order chi connectivity index (χ1) is 10.3. The molecule has 0 aliphatic carbocycles. The van der Waals surface area contributed by atoms with E-state index in [0.29, 0.717) is 6.61 Å². The number of aromatic nitrogens is 2. The third kappa shape index (κ3) is 2.94. The molecule has 21 heavy (non-hydrogen) atoms. The van der Waals surface area contributed by atoms with Gasteiger partial charge in [-0.3, -0.25) is 0 Å². The minimum atomic E-state index is 0.399. The number of hydrogen-bond donors (Lipinski definition) is 0. The van der Waals surface area contributed by atoms with Crippen LogP contribution in [0.1, 0.15) is 11.4 Å². The van der Waals surface area contributed by atoms with Gasteiger partial charge < -0.3 is 9.47 Å². The molecule has 0 atom stereocenters. The van der Waals surface area contributed by atoms with Crippen molar-refractivity contribution in [1.29, 1.82) is 0 Å². The number of para-hydroxylation sites is 2. The van der Waals surface area contributed by atoms with Crippen molar-refractivity contribution in [3.05, 3.63) is 59.9 Å². The second kappa shape index (κ2) is 5.79. The van der Waals surface area contributed by atoms with Gasteiger partial charge >= 0.3 is 0 Å². The Bertz CT molecular complexity index is 754. The molecule has 106 valence electrons. The predicted octanol–water partition coefficient (Wildman–Crippen LogP) is 3.53. The van der Waals surface area contributed by atoms with Crippen LogP contribution in [0, 0.1) is 6.92 Å². The molecule has 0 amide bonds. The monoisotopic (exact) mass is 280 g/mol. The first-order valence-electron chi connectivity index (χ1n) is 6.75. The molecule has 0 spiro atoms. The minimum Gasteiger partial charge on any atom is -0.497 e. The Balaban J connectivity index is 1.79. The molecular weight excluding hydrogens is 264 g/mol. The van der Waals surface area contributed by atoms with Gasteiger partial charge in [-0.2, -0.15) is 0 Å². The Kier molecular flexibility index (Phi) is 3.69. The van der Waals surface area contributed by atoms with Gasteiger partial charge in [0.1, 0.15) is 18.1 Å². The van der Waals surface area contributed by atoms with Crippen LogP contribution in [-0.4, -0.2) is 17.1 Å². The summed E-state index contributed by atoms with van der Waals surface area (Å²) in [4.78, 5) is 9.16. The highest BCUT2D eigenvalue weighted by Crippen LogP contribution is 2.19. The maximum atomic E-state index is 5.76. The van der Waals surface area contributed by atoms with E-state index in [2.05, 4.69) is 9.97 Å². The van der Waals surface area contributed by atoms with E-state index in [4.69, 9.17) is 9.47 Å². The first-order valence-corrected chi connectivity index (χ1v) is 6.75. The van der Waals surface area contributed by atoms with E-state index < -0.39 is 0 Å². The SMILES string of the molecule is COc1ccc(OCc2nc3ccccc3nc2C)cc1. The van der Waals surface area contributed by atoms with Gasteiger partial charge in [-0.05, 0) is 43.3 Å². The Labute approximate surface area is 123 Å². The molecule has 0 bridgehead atoms. The van der Waals surface area contributed by atoms with Crippen molar-refractivity contribution in [2.75, 3.05) is 7.11 Å². The largest absolute Gasteiger partial charge is 0.497 e. The number of nitrogens with zero attached hydrogens (tertiary/aromatic N) is 2. The number of aryl methyl sites for hydroxylation is 1. The number of methoxy groups -OCH3 is 1. The Hall–Kier alpha value is -2.62. The Morgan fingerprint density at radius 3 is 2.14 bits per heavy atom. The van der Waals surface area contributed by atoms with E-state index in [1.165, 1.54) is 0 Å². The van der Waals surface area contributed by atoms with Gasteiger partial charge in [0.25, 0.3) is 0 Å². The summed E-state index contributed by atoms with van der Waals surface area (Å²) in [5, 5.41) is 0. The lowest BCUT2D eigenvalue weighted by Crippen LogP contribution is -2.03. The first kappa shape index (κ1) is 13.4. The van der Waals surface area contributed by atoms with Crippen LogP contribution in [0.3, 0.4) is 0 Å². The van der Waals surface area contributed by atoms with Crippen molar-refractivity contribution in [2.24, 2.45) is 0 Å². The van der Waals surface area contributed by atoms with Crippen molar-refractivity contribution in [1.82, 2.24) is 9.97 Å². The molecule has 2 aromatic carbocycles. The van der Waals surface area contributed by atoms with Crippen LogP contribution in [0.4, 0.5) is 0 Å². The zero-order valence-corrected chi connectivity index (χ0v) is 12.0. The molecule has 0 aliphatic rings. The third-order valence-electron chi connectivity index (χ3n) is 3.28. The van der Waals surface area contributed by atoms with Crippen molar-refractivity contribution >= 4 is 11.0 Å². The molecule has 0 aliphatic heterocycles. The molecule has 1 aromatic heterocycles. The van der Waals surface area contributed by atoms with Crippen LogP contribution in [0.15, 0.2) is 48.5 Å².